The zero-order valence-electron chi connectivity index (χ0n) is 35.4. The molecule has 0 aliphatic carbocycles. The number of carbonyl (C=O) groups excluding carboxylic acids is 7. The largest absolute Gasteiger partial charge is 0.480 e. The van der Waals surface area contributed by atoms with E-state index in [4.69, 9.17) is 16.6 Å². The topological polar surface area (TPSA) is 358 Å². The lowest BCUT2D eigenvalue weighted by Crippen LogP contribution is -2.60. The fraction of sp³-hybridized carbons (Fsp3) is 0.757. The molecule has 338 valence electrons. The summed E-state index contributed by atoms with van der Waals surface area (Å²) < 4.78 is 0. The number of amides is 7. The van der Waals surface area contributed by atoms with Gasteiger partial charge in [0.05, 0.1) is 19.3 Å². The molecule has 7 amide bonds. The molecule has 0 fully saturated rings. The molecule has 0 rings (SSSR count). The van der Waals surface area contributed by atoms with Crippen LogP contribution in [0.25, 0.3) is 0 Å². The zero-order valence-corrected chi connectivity index (χ0v) is 35.4. The molecule has 0 radical (unpaired) electrons. The number of guanidine groups is 1. The third-order valence-corrected chi connectivity index (χ3v) is 8.71. The van der Waals surface area contributed by atoms with Crippen LogP contribution in [0.1, 0.15) is 92.9 Å². The molecule has 0 aromatic heterocycles. The summed E-state index contributed by atoms with van der Waals surface area (Å²) in [6.07, 6.45) is 0.420. The predicted molar refractivity (Wildman–Crippen MR) is 218 cm³/mol. The number of hydrogen-bond acceptors (Lipinski definition) is 12. The molecule has 22 heteroatoms. The van der Waals surface area contributed by atoms with E-state index in [9.17, 15) is 48.6 Å². The molecule has 0 bridgehead atoms. The van der Waals surface area contributed by atoms with E-state index in [1.807, 2.05) is 27.7 Å². The van der Waals surface area contributed by atoms with Crippen LogP contribution in [-0.2, 0) is 38.4 Å². The fourth-order valence-corrected chi connectivity index (χ4v) is 5.46. The van der Waals surface area contributed by atoms with Crippen LogP contribution >= 0.6 is 0 Å². The van der Waals surface area contributed by atoms with Gasteiger partial charge in [-0.2, -0.15) is 0 Å². The number of carboxylic acid groups (broad SMARTS) is 1. The first kappa shape index (κ1) is 53.9. The van der Waals surface area contributed by atoms with Crippen molar-refractivity contribution >= 4 is 53.3 Å². The first-order chi connectivity index (χ1) is 27.7. The molecule has 0 aliphatic rings. The number of hydrogen-bond donors (Lipinski definition) is 13. The summed E-state index contributed by atoms with van der Waals surface area (Å²) >= 11 is 0. The lowest BCUT2D eigenvalue weighted by Gasteiger charge is -2.27. The quantitative estimate of drug-likeness (QED) is 0.0189. The Hall–Kier alpha value is -5.09. The number of aliphatic imine (C=N–C) groups is 1. The van der Waals surface area contributed by atoms with Crippen molar-refractivity contribution in [2.45, 2.75) is 135 Å². The Labute approximate surface area is 346 Å². The van der Waals surface area contributed by atoms with Gasteiger partial charge in [-0.3, -0.25) is 38.6 Å². The van der Waals surface area contributed by atoms with Crippen molar-refractivity contribution in [3.05, 3.63) is 0 Å². The first-order valence-corrected chi connectivity index (χ1v) is 20.0. The maximum Gasteiger partial charge on any atom is 0.328 e. The van der Waals surface area contributed by atoms with Gasteiger partial charge in [-0.1, -0.05) is 41.0 Å². The molecule has 0 saturated heterocycles. The Morgan fingerprint density at radius 1 is 0.644 bits per heavy atom. The third-order valence-electron chi connectivity index (χ3n) is 8.71. The molecule has 22 nitrogen and oxygen atoms in total. The van der Waals surface area contributed by atoms with Gasteiger partial charge in [-0.15, -0.1) is 0 Å². The molecule has 59 heavy (non-hydrogen) atoms. The van der Waals surface area contributed by atoms with E-state index in [0.717, 1.165) is 0 Å². The van der Waals surface area contributed by atoms with Gasteiger partial charge in [0.25, 0.3) is 0 Å². The number of aliphatic hydroxyl groups excluding tert-OH is 2. The molecule has 0 spiro atoms. The molecule has 5 unspecified atom stereocenters. The molecule has 0 aliphatic heterocycles. The molecule has 0 aromatic rings. The summed E-state index contributed by atoms with van der Waals surface area (Å²) in [7, 11) is 1.58. The summed E-state index contributed by atoms with van der Waals surface area (Å²) in [6, 6.07) is -7.87. The van der Waals surface area contributed by atoms with Gasteiger partial charge < -0.3 is 69.3 Å². The minimum atomic E-state index is -1.62. The second-order valence-electron chi connectivity index (χ2n) is 15.1. The molecular weight excluding hydrogens is 774 g/mol. The van der Waals surface area contributed by atoms with Crippen molar-refractivity contribution in [1.29, 1.82) is 0 Å². The highest BCUT2D eigenvalue weighted by Gasteiger charge is 2.33. The summed E-state index contributed by atoms with van der Waals surface area (Å²) in [5, 5.41) is 48.9. The van der Waals surface area contributed by atoms with Crippen LogP contribution in [0.15, 0.2) is 4.99 Å². The number of nitrogens with two attached hydrogens (primary N) is 2. The van der Waals surface area contributed by atoms with Crippen molar-refractivity contribution in [2.75, 3.05) is 33.3 Å². The Morgan fingerprint density at radius 3 is 1.66 bits per heavy atom. The van der Waals surface area contributed by atoms with Crippen LogP contribution in [0.5, 0.6) is 0 Å². The number of rotatable bonds is 30. The average Bonchev–Trinajstić information content (AvgIpc) is 3.15. The number of nitrogens with zero attached hydrogens (tertiary/aromatic N) is 1. The Morgan fingerprint density at radius 2 is 1.17 bits per heavy atom. The van der Waals surface area contributed by atoms with Crippen LogP contribution in [0, 0.1) is 11.8 Å². The number of aliphatic carboxylic acids is 1. The molecule has 0 heterocycles. The van der Waals surface area contributed by atoms with Gasteiger partial charge in [0, 0.05) is 13.0 Å². The van der Waals surface area contributed by atoms with Crippen LogP contribution in [0.3, 0.4) is 0 Å². The number of carbonyl (C=O) groups is 8. The third kappa shape index (κ3) is 23.2. The lowest BCUT2D eigenvalue weighted by atomic mass is 10.0. The Bertz CT molecular complexity index is 1410. The second-order valence-corrected chi connectivity index (χ2v) is 15.1. The average molecular weight is 844 g/mol. The highest BCUT2D eigenvalue weighted by molar-refractivity contribution is 5.97. The molecule has 0 aromatic carbocycles. The Balaban J connectivity index is 5.99. The molecule has 0 saturated carbocycles. The maximum absolute atomic E-state index is 13.8. The number of carboxylic acids is 1. The van der Waals surface area contributed by atoms with Crippen LogP contribution in [-0.4, -0.2) is 144 Å². The first-order valence-electron chi connectivity index (χ1n) is 20.0. The van der Waals surface area contributed by atoms with Crippen molar-refractivity contribution in [2.24, 2.45) is 28.3 Å². The van der Waals surface area contributed by atoms with Gasteiger partial charge in [-0.05, 0) is 70.9 Å². The predicted octanol–water partition coefficient (Wildman–Crippen LogP) is -3.59. The molecule has 15 N–H and O–H groups in total. The van der Waals surface area contributed by atoms with Crippen LogP contribution in [0.4, 0.5) is 0 Å². The van der Waals surface area contributed by atoms with E-state index < -0.39 is 96.9 Å². The zero-order chi connectivity index (χ0) is 45.2. The maximum atomic E-state index is 13.8. The standard InChI is InChI=1S/C37H69N11O11/c1-8-10-23(45-31(53)24(11-9-15-41-37(38)39)46-34(56)26(17-21(4)5)44-28(51)13-12-20(2)3)33(55)48-30(22(6)50)35(57)42-18-29(52)43-25(14-16-40-7)32(54)47-27(19-49)36(58)59/h20-27,30,40,49-50H,8-19H2,1-7H3,(H,42,57)(H,43,52)(H,44,51)(H,45,53)(H,46,56)(H,47,54)(H,48,55)(H,58,59)(H4,38,39,41)/t22?,23?,24?,25-,26?,27?,30-/m0/s1. The lowest BCUT2D eigenvalue weighted by molar-refractivity contribution is -0.143. The van der Waals surface area contributed by atoms with E-state index in [1.165, 1.54) is 6.92 Å². The molecular formula is C37H69N11O11. The monoisotopic (exact) mass is 844 g/mol. The summed E-state index contributed by atoms with van der Waals surface area (Å²) in [5.74, 6) is -6.63. The van der Waals surface area contributed by atoms with E-state index >= 15 is 0 Å². The van der Waals surface area contributed by atoms with Crippen molar-refractivity contribution in [1.82, 2.24) is 42.5 Å². The minimum Gasteiger partial charge on any atom is -0.480 e. The summed E-state index contributed by atoms with van der Waals surface area (Å²) in [5.41, 5.74) is 10.9. The Kier molecular flexibility index (Phi) is 26.7. The smallest absolute Gasteiger partial charge is 0.328 e. The summed E-state index contributed by atoms with van der Waals surface area (Å²) in [6.45, 7) is 9.42. The number of nitrogens with one attached hydrogen (secondary N) is 8. The second kappa shape index (κ2) is 29.2. The fourth-order valence-electron chi connectivity index (χ4n) is 5.46. The van der Waals surface area contributed by atoms with Gasteiger partial charge in [0.1, 0.15) is 36.3 Å². The van der Waals surface area contributed by atoms with Gasteiger partial charge in [0.2, 0.25) is 41.4 Å². The van der Waals surface area contributed by atoms with Crippen molar-refractivity contribution < 1.29 is 53.7 Å². The van der Waals surface area contributed by atoms with Gasteiger partial charge in [-0.25, -0.2) is 4.79 Å². The van der Waals surface area contributed by atoms with Gasteiger partial charge in [0.15, 0.2) is 5.96 Å². The van der Waals surface area contributed by atoms with Crippen molar-refractivity contribution in [3.8, 4) is 0 Å². The highest BCUT2D eigenvalue weighted by Crippen LogP contribution is 2.10. The van der Waals surface area contributed by atoms with Crippen LogP contribution in [0.2, 0.25) is 0 Å². The van der Waals surface area contributed by atoms with E-state index in [1.54, 1.807) is 14.0 Å². The van der Waals surface area contributed by atoms with Crippen molar-refractivity contribution in [3.63, 3.8) is 0 Å². The normalized spacial score (nSPS) is 14.6. The summed E-state index contributed by atoms with van der Waals surface area (Å²) in [4.78, 5) is 107. The van der Waals surface area contributed by atoms with E-state index in [0.29, 0.717) is 12.8 Å². The highest BCUT2D eigenvalue weighted by atomic mass is 16.4. The number of aliphatic hydroxyl groups is 2. The minimum absolute atomic E-state index is 0.00841. The van der Waals surface area contributed by atoms with E-state index in [2.05, 4.69) is 47.5 Å². The van der Waals surface area contributed by atoms with E-state index in [-0.39, 0.29) is 75.3 Å². The molecule has 7 atom stereocenters. The SMILES string of the molecule is CCCC(NC(=O)C(CCCN=C(N)N)NC(=O)C(CC(C)C)NC(=O)CCC(C)C)C(=O)N[C@H](C(=O)NCC(=O)N[C@@H](CCNC)C(=O)NC(CO)C(=O)O)C(C)O. The van der Waals surface area contributed by atoms with Crippen LogP contribution < -0.4 is 54.0 Å². The van der Waals surface area contributed by atoms with Gasteiger partial charge >= 0.3 is 5.97 Å².